The van der Waals surface area contributed by atoms with E-state index in [1.54, 1.807) is 17.0 Å². The summed E-state index contributed by atoms with van der Waals surface area (Å²) in [6.45, 7) is 4.51. The number of rotatable bonds is 5. The average Bonchev–Trinajstić information content (AvgIpc) is 3.40. The summed E-state index contributed by atoms with van der Waals surface area (Å²) in [7, 11) is 0. The summed E-state index contributed by atoms with van der Waals surface area (Å²) in [6, 6.07) is 18.0. The van der Waals surface area contributed by atoms with E-state index in [0.29, 0.717) is 25.6 Å². The van der Waals surface area contributed by atoms with E-state index < -0.39 is 5.82 Å². The van der Waals surface area contributed by atoms with E-state index in [9.17, 15) is 14.0 Å². The maximum atomic E-state index is 14.0. The highest BCUT2D eigenvalue weighted by Gasteiger charge is 2.30. The number of aromatic nitrogens is 2. The van der Waals surface area contributed by atoms with Crippen molar-refractivity contribution in [3.8, 4) is 0 Å². The van der Waals surface area contributed by atoms with Gasteiger partial charge in [-0.15, -0.1) is 5.10 Å². The Hall–Kier alpha value is -3.81. The highest BCUT2D eigenvalue weighted by molar-refractivity contribution is 5.94. The molecule has 0 saturated carbocycles. The monoisotopic (exact) mass is 487 g/mol. The topological polar surface area (TPSA) is 78.4 Å². The van der Waals surface area contributed by atoms with Gasteiger partial charge in [0.15, 0.2) is 5.82 Å². The van der Waals surface area contributed by atoms with E-state index in [1.807, 2.05) is 31.2 Å². The van der Waals surface area contributed by atoms with Crippen LogP contribution in [0.25, 0.3) is 0 Å². The van der Waals surface area contributed by atoms with Crippen LogP contribution in [0.3, 0.4) is 0 Å². The summed E-state index contributed by atoms with van der Waals surface area (Å²) in [6.07, 6.45) is 2.43. The third-order valence-electron chi connectivity index (χ3n) is 7.20. The fraction of sp³-hybridized carbons (Fsp3) is 0.357. The van der Waals surface area contributed by atoms with Gasteiger partial charge in [-0.2, -0.15) is 5.10 Å². The Morgan fingerprint density at radius 1 is 0.917 bits per heavy atom. The summed E-state index contributed by atoms with van der Waals surface area (Å²) in [5, 5.41) is 11.4. The van der Waals surface area contributed by atoms with E-state index in [0.717, 1.165) is 43.0 Å². The van der Waals surface area contributed by atoms with Crippen molar-refractivity contribution in [1.29, 1.82) is 0 Å². The van der Waals surface area contributed by atoms with Crippen molar-refractivity contribution in [2.75, 3.05) is 36.4 Å². The lowest BCUT2D eigenvalue weighted by atomic mass is 9.89. The molecule has 1 atom stereocenters. The van der Waals surface area contributed by atoms with Gasteiger partial charge in [0.1, 0.15) is 5.82 Å². The van der Waals surface area contributed by atoms with Gasteiger partial charge in [-0.05, 0) is 74.1 Å². The number of benzene rings is 2. The first kappa shape index (κ1) is 23.9. The fourth-order valence-corrected chi connectivity index (χ4v) is 5.05. The third kappa shape index (κ3) is 5.22. The van der Waals surface area contributed by atoms with E-state index in [1.165, 1.54) is 17.7 Å². The zero-order valence-electron chi connectivity index (χ0n) is 20.4. The number of aryl methyl sites for hydroxylation is 1. The molecule has 2 aliphatic rings. The van der Waals surface area contributed by atoms with Gasteiger partial charge in [-0.3, -0.25) is 9.59 Å². The van der Waals surface area contributed by atoms with Crippen LogP contribution in [-0.4, -0.2) is 53.1 Å². The lowest BCUT2D eigenvalue weighted by Crippen LogP contribution is -2.38. The lowest BCUT2D eigenvalue weighted by molar-refractivity contribution is -0.119. The average molecular weight is 488 g/mol. The summed E-state index contributed by atoms with van der Waals surface area (Å²) >= 11 is 0. The predicted octanol–water partition coefficient (Wildman–Crippen LogP) is 4.41. The molecule has 0 aliphatic carbocycles. The molecule has 3 heterocycles. The van der Waals surface area contributed by atoms with Gasteiger partial charge in [0.2, 0.25) is 5.91 Å². The Balaban J connectivity index is 1.12. The van der Waals surface area contributed by atoms with Crippen LogP contribution in [0.1, 0.15) is 46.8 Å². The quantitative estimate of drug-likeness (QED) is 0.577. The van der Waals surface area contributed by atoms with Crippen LogP contribution < -0.4 is 10.2 Å². The molecule has 1 N–H and O–H groups in total. The molecule has 36 heavy (non-hydrogen) atoms. The van der Waals surface area contributed by atoms with Gasteiger partial charge >= 0.3 is 0 Å². The molecule has 0 unspecified atom stereocenters. The van der Waals surface area contributed by atoms with Crippen LogP contribution in [0.5, 0.6) is 0 Å². The summed E-state index contributed by atoms with van der Waals surface area (Å²) in [4.78, 5) is 29.3. The number of hydrogen-bond acceptors (Lipinski definition) is 5. The van der Waals surface area contributed by atoms with E-state index >= 15 is 0 Å². The van der Waals surface area contributed by atoms with E-state index in [-0.39, 0.29) is 23.3 Å². The van der Waals surface area contributed by atoms with Crippen molar-refractivity contribution >= 4 is 23.3 Å². The maximum Gasteiger partial charge on any atom is 0.256 e. The molecule has 2 amide bonds. The Morgan fingerprint density at radius 3 is 2.36 bits per heavy atom. The van der Waals surface area contributed by atoms with Crippen molar-refractivity contribution in [3.63, 3.8) is 0 Å². The van der Waals surface area contributed by atoms with Crippen LogP contribution >= 0.6 is 0 Å². The SMILES string of the molecule is Cc1ccc(N2CC[C@H](C(=O)Nc3ccc(C4CCN(C(=O)c5ccccc5F)CC4)cc3)C2)nn1. The number of nitrogens with one attached hydrogen (secondary N) is 1. The van der Waals surface area contributed by atoms with Crippen molar-refractivity contribution in [3.05, 3.63) is 83.3 Å². The summed E-state index contributed by atoms with van der Waals surface area (Å²) < 4.78 is 14.0. The lowest BCUT2D eigenvalue weighted by Gasteiger charge is -2.32. The number of nitrogens with zero attached hydrogens (tertiary/aromatic N) is 4. The smallest absolute Gasteiger partial charge is 0.256 e. The second kappa shape index (κ2) is 10.4. The molecule has 7 nitrogen and oxygen atoms in total. The van der Waals surface area contributed by atoms with E-state index in [2.05, 4.69) is 32.5 Å². The van der Waals surface area contributed by atoms with Crippen LogP contribution in [0, 0.1) is 18.7 Å². The second-order valence-electron chi connectivity index (χ2n) is 9.62. The Kier molecular flexibility index (Phi) is 6.93. The fourth-order valence-electron chi connectivity index (χ4n) is 5.05. The number of carbonyl (C=O) groups is 2. The largest absolute Gasteiger partial charge is 0.354 e. The van der Waals surface area contributed by atoms with Crippen molar-refractivity contribution < 1.29 is 14.0 Å². The highest BCUT2D eigenvalue weighted by Crippen LogP contribution is 2.30. The molecular formula is C28H30FN5O2. The minimum Gasteiger partial charge on any atom is -0.354 e. The molecule has 8 heteroatoms. The third-order valence-corrected chi connectivity index (χ3v) is 7.20. The Labute approximate surface area is 210 Å². The molecule has 1 aromatic heterocycles. The molecule has 3 aromatic rings. The number of amides is 2. The van der Waals surface area contributed by atoms with Crippen LogP contribution in [0.2, 0.25) is 0 Å². The molecule has 2 fully saturated rings. The number of piperidine rings is 1. The molecule has 5 rings (SSSR count). The normalized spacial score (nSPS) is 18.3. The van der Waals surface area contributed by atoms with Crippen molar-refractivity contribution in [2.45, 2.75) is 32.1 Å². The molecule has 2 aliphatic heterocycles. The molecule has 186 valence electrons. The van der Waals surface area contributed by atoms with Crippen LogP contribution in [-0.2, 0) is 4.79 Å². The van der Waals surface area contributed by atoms with Crippen molar-refractivity contribution in [2.24, 2.45) is 5.92 Å². The number of carbonyl (C=O) groups excluding carboxylic acids is 2. The van der Waals surface area contributed by atoms with Gasteiger partial charge in [-0.25, -0.2) is 4.39 Å². The number of anilines is 2. The zero-order chi connectivity index (χ0) is 25.1. The van der Waals surface area contributed by atoms with Gasteiger partial charge < -0.3 is 15.1 Å². The number of likely N-dealkylation sites (tertiary alicyclic amines) is 1. The summed E-state index contributed by atoms with van der Waals surface area (Å²) in [5.74, 6) is 0.343. The van der Waals surface area contributed by atoms with Crippen LogP contribution in [0.15, 0.2) is 60.7 Å². The zero-order valence-corrected chi connectivity index (χ0v) is 20.4. The van der Waals surface area contributed by atoms with Crippen LogP contribution in [0.4, 0.5) is 15.9 Å². The second-order valence-corrected chi connectivity index (χ2v) is 9.62. The molecule has 2 aromatic carbocycles. The predicted molar refractivity (Wildman–Crippen MR) is 136 cm³/mol. The van der Waals surface area contributed by atoms with Gasteiger partial charge in [0.25, 0.3) is 5.91 Å². The number of hydrogen-bond donors (Lipinski definition) is 1. The minimum absolute atomic E-state index is 0.0188. The first-order chi connectivity index (χ1) is 17.5. The molecule has 0 radical (unpaired) electrons. The standard InChI is InChI=1S/C28H30FN5O2/c1-19-6-11-26(32-31-19)34-17-14-22(18-34)27(35)30-23-9-7-20(8-10-23)21-12-15-33(16-13-21)28(36)24-4-2-3-5-25(24)29/h2-11,21-22H,12-18H2,1H3,(H,30,35)/t22-/m0/s1. The first-order valence-electron chi connectivity index (χ1n) is 12.5. The Bertz CT molecular complexity index is 1220. The molecule has 0 spiro atoms. The first-order valence-corrected chi connectivity index (χ1v) is 12.5. The van der Waals surface area contributed by atoms with Gasteiger partial charge in [0, 0.05) is 31.9 Å². The number of halogens is 1. The van der Waals surface area contributed by atoms with E-state index in [4.69, 9.17) is 0 Å². The van der Waals surface area contributed by atoms with Gasteiger partial charge in [0.05, 0.1) is 17.2 Å². The maximum absolute atomic E-state index is 14.0. The molecular weight excluding hydrogens is 457 g/mol. The molecule has 0 bridgehead atoms. The summed E-state index contributed by atoms with van der Waals surface area (Å²) in [5.41, 5.74) is 2.98. The molecule has 2 saturated heterocycles. The Morgan fingerprint density at radius 2 is 1.67 bits per heavy atom. The minimum atomic E-state index is -0.476. The highest BCUT2D eigenvalue weighted by atomic mass is 19.1. The van der Waals surface area contributed by atoms with Gasteiger partial charge in [-0.1, -0.05) is 24.3 Å². The van der Waals surface area contributed by atoms with Crippen molar-refractivity contribution in [1.82, 2.24) is 15.1 Å².